The number of amides is 1. The highest BCUT2D eigenvalue weighted by Gasteiger charge is 2.24. The van der Waals surface area contributed by atoms with Crippen LogP contribution in [-0.4, -0.2) is 35.6 Å². The van der Waals surface area contributed by atoms with Crippen molar-refractivity contribution in [3.63, 3.8) is 0 Å². The molecule has 5 nitrogen and oxygen atoms in total. The van der Waals surface area contributed by atoms with E-state index in [1.807, 2.05) is 25.1 Å². The molecule has 128 valence electrons. The number of nitrogens with zero attached hydrogens (tertiary/aromatic N) is 2. The average molecular weight is 348 g/mol. The van der Waals surface area contributed by atoms with E-state index >= 15 is 0 Å². The summed E-state index contributed by atoms with van der Waals surface area (Å²) in [5, 5.41) is 7.62. The van der Waals surface area contributed by atoms with E-state index < -0.39 is 0 Å². The highest BCUT2D eigenvalue weighted by atomic mass is 35.5. The maximum atomic E-state index is 12.2. The number of benzene rings is 1. The lowest BCUT2D eigenvalue weighted by Gasteiger charge is -2.28. The summed E-state index contributed by atoms with van der Waals surface area (Å²) < 4.78 is 5.00. The summed E-state index contributed by atoms with van der Waals surface area (Å²) in [7, 11) is 0. The van der Waals surface area contributed by atoms with Gasteiger partial charge in [0.1, 0.15) is 5.76 Å². The Balaban J connectivity index is 1.64. The number of halogens is 1. The second-order valence-corrected chi connectivity index (χ2v) is 6.66. The standard InChI is InChI=1S/C18H22ClN3O2/c1-13-9-16(21-24-13)11-18(23)20-12-17(22-7-2-3-8-22)14-5-4-6-15(19)10-14/h4-6,9-10,17H,2-3,7-8,11-12H2,1H3,(H,20,23). The van der Waals surface area contributed by atoms with Crippen molar-refractivity contribution in [2.75, 3.05) is 19.6 Å². The summed E-state index contributed by atoms with van der Waals surface area (Å²) in [6.07, 6.45) is 2.63. The minimum Gasteiger partial charge on any atom is -0.361 e. The minimum atomic E-state index is -0.0467. The largest absolute Gasteiger partial charge is 0.361 e. The fourth-order valence-corrected chi connectivity index (χ4v) is 3.36. The van der Waals surface area contributed by atoms with Gasteiger partial charge in [-0.2, -0.15) is 0 Å². The van der Waals surface area contributed by atoms with E-state index in [2.05, 4.69) is 21.4 Å². The van der Waals surface area contributed by atoms with Crippen molar-refractivity contribution in [1.82, 2.24) is 15.4 Å². The molecular formula is C18H22ClN3O2. The Morgan fingerprint density at radius 1 is 1.38 bits per heavy atom. The van der Waals surface area contributed by atoms with Gasteiger partial charge in [0.05, 0.1) is 18.2 Å². The van der Waals surface area contributed by atoms with Gasteiger partial charge in [0, 0.05) is 17.6 Å². The summed E-state index contributed by atoms with van der Waals surface area (Å²) in [5.74, 6) is 0.668. The molecule has 1 fully saturated rings. The third kappa shape index (κ3) is 4.36. The molecule has 0 saturated carbocycles. The van der Waals surface area contributed by atoms with Crippen molar-refractivity contribution in [3.05, 3.63) is 52.4 Å². The van der Waals surface area contributed by atoms with Crippen LogP contribution in [-0.2, 0) is 11.2 Å². The molecule has 2 aromatic rings. The maximum absolute atomic E-state index is 12.2. The molecule has 24 heavy (non-hydrogen) atoms. The van der Waals surface area contributed by atoms with Crippen LogP contribution in [0.25, 0.3) is 0 Å². The van der Waals surface area contributed by atoms with Crippen LogP contribution in [0, 0.1) is 6.92 Å². The van der Waals surface area contributed by atoms with Gasteiger partial charge in [0.2, 0.25) is 5.91 Å². The lowest BCUT2D eigenvalue weighted by Crippen LogP contribution is -2.37. The number of likely N-dealkylation sites (tertiary alicyclic amines) is 1. The lowest BCUT2D eigenvalue weighted by atomic mass is 10.1. The van der Waals surface area contributed by atoms with Crippen molar-refractivity contribution >= 4 is 17.5 Å². The Hall–Kier alpha value is -1.85. The molecule has 1 aliphatic rings. The molecule has 1 unspecified atom stereocenters. The summed E-state index contributed by atoms with van der Waals surface area (Å²) in [6.45, 7) is 4.48. The second-order valence-electron chi connectivity index (χ2n) is 6.22. The van der Waals surface area contributed by atoms with Crippen LogP contribution in [0.1, 0.15) is 35.9 Å². The van der Waals surface area contributed by atoms with Crippen molar-refractivity contribution in [2.24, 2.45) is 0 Å². The molecule has 2 heterocycles. The molecule has 1 aromatic heterocycles. The van der Waals surface area contributed by atoms with Gasteiger partial charge < -0.3 is 9.84 Å². The Morgan fingerprint density at radius 2 is 2.17 bits per heavy atom. The fraction of sp³-hybridized carbons (Fsp3) is 0.444. The van der Waals surface area contributed by atoms with E-state index in [1.54, 1.807) is 6.07 Å². The van der Waals surface area contributed by atoms with Gasteiger partial charge in [0.25, 0.3) is 0 Å². The Morgan fingerprint density at radius 3 is 2.83 bits per heavy atom. The zero-order valence-corrected chi connectivity index (χ0v) is 14.6. The zero-order valence-electron chi connectivity index (χ0n) is 13.8. The molecule has 1 aromatic carbocycles. The van der Waals surface area contributed by atoms with Crippen LogP contribution in [0.2, 0.25) is 5.02 Å². The molecule has 1 saturated heterocycles. The van der Waals surface area contributed by atoms with E-state index in [-0.39, 0.29) is 18.4 Å². The van der Waals surface area contributed by atoms with Gasteiger partial charge in [-0.15, -0.1) is 0 Å². The summed E-state index contributed by atoms with van der Waals surface area (Å²) in [6, 6.07) is 9.82. The molecular weight excluding hydrogens is 326 g/mol. The van der Waals surface area contributed by atoms with Crippen molar-refractivity contribution in [3.8, 4) is 0 Å². The first kappa shape index (κ1) is 17.0. The lowest BCUT2D eigenvalue weighted by molar-refractivity contribution is -0.120. The molecule has 0 aliphatic carbocycles. The highest BCUT2D eigenvalue weighted by Crippen LogP contribution is 2.26. The molecule has 1 atom stereocenters. The molecule has 0 spiro atoms. The van der Waals surface area contributed by atoms with Crippen molar-refractivity contribution in [1.29, 1.82) is 0 Å². The zero-order chi connectivity index (χ0) is 16.9. The molecule has 6 heteroatoms. The van der Waals surface area contributed by atoms with Crippen LogP contribution in [0.3, 0.4) is 0 Å². The molecule has 0 bridgehead atoms. The van der Waals surface area contributed by atoms with Gasteiger partial charge in [-0.1, -0.05) is 28.9 Å². The number of aryl methyl sites for hydroxylation is 1. The third-order valence-electron chi connectivity index (χ3n) is 4.33. The number of rotatable bonds is 6. The van der Waals surface area contributed by atoms with Gasteiger partial charge in [-0.25, -0.2) is 0 Å². The fourth-order valence-electron chi connectivity index (χ4n) is 3.16. The predicted octanol–water partition coefficient (Wildman–Crippen LogP) is 3.13. The molecule has 0 radical (unpaired) electrons. The predicted molar refractivity (Wildman–Crippen MR) is 93.0 cm³/mol. The number of hydrogen-bond donors (Lipinski definition) is 1. The first-order chi connectivity index (χ1) is 11.6. The Labute approximate surface area is 147 Å². The number of carbonyl (C=O) groups excluding carboxylic acids is 1. The normalized spacial score (nSPS) is 16.2. The van der Waals surface area contributed by atoms with E-state index in [4.69, 9.17) is 16.1 Å². The van der Waals surface area contributed by atoms with E-state index in [9.17, 15) is 4.79 Å². The summed E-state index contributed by atoms with van der Waals surface area (Å²) in [5.41, 5.74) is 1.80. The smallest absolute Gasteiger partial charge is 0.226 e. The number of hydrogen-bond acceptors (Lipinski definition) is 4. The van der Waals surface area contributed by atoms with E-state index in [0.717, 1.165) is 23.7 Å². The van der Waals surface area contributed by atoms with Crippen LogP contribution in [0.5, 0.6) is 0 Å². The second kappa shape index (κ2) is 7.81. The SMILES string of the molecule is Cc1cc(CC(=O)NCC(c2cccc(Cl)c2)N2CCCC2)no1. The van der Waals surface area contributed by atoms with Crippen LogP contribution < -0.4 is 5.32 Å². The first-order valence-corrected chi connectivity index (χ1v) is 8.68. The molecule has 1 amide bonds. The van der Waals surface area contributed by atoms with E-state index in [1.165, 1.54) is 12.8 Å². The van der Waals surface area contributed by atoms with Crippen molar-refractivity contribution in [2.45, 2.75) is 32.2 Å². The Bertz CT molecular complexity index is 695. The highest BCUT2D eigenvalue weighted by molar-refractivity contribution is 6.30. The molecule has 1 aliphatic heterocycles. The van der Waals surface area contributed by atoms with Crippen LogP contribution in [0.15, 0.2) is 34.9 Å². The quantitative estimate of drug-likeness (QED) is 0.872. The van der Waals surface area contributed by atoms with Crippen molar-refractivity contribution < 1.29 is 9.32 Å². The topological polar surface area (TPSA) is 58.4 Å². The number of nitrogens with one attached hydrogen (secondary N) is 1. The third-order valence-corrected chi connectivity index (χ3v) is 4.56. The minimum absolute atomic E-state index is 0.0467. The number of carbonyl (C=O) groups is 1. The maximum Gasteiger partial charge on any atom is 0.226 e. The van der Waals surface area contributed by atoms with Gasteiger partial charge in [-0.05, 0) is 50.6 Å². The van der Waals surface area contributed by atoms with Gasteiger partial charge >= 0.3 is 0 Å². The average Bonchev–Trinajstić information content (AvgIpc) is 3.20. The van der Waals surface area contributed by atoms with Crippen LogP contribution >= 0.6 is 11.6 Å². The van der Waals surface area contributed by atoms with Crippen LogP contribution in [0.4, 0.5) is 0 Å². The summed E-state index contributed by atoms with van der Waals surface area (Å²) in [4.78, 5) is 14.6. The number of aromatic nitrogens is 1. The van der Waals surface area contributed by atoms with Gasteiger partial charge in [-0.3, -0.25) is 9.69 Å². The van der Waals surface area contributed by atoms with Gasteiger partial charge in [0.15, 0.2) is 0 Å². The summed E-state index contributed by atoms with van der Waals surface area (Å²) >= 11 is 6.14. The Kier molecular flexibility index (Phi) is 5.53. The monoisotopic (exact) mass is 347 g/mol. The van der Waals surface area contributed by atoms with E-state index in [0.29, 0.717) is 18.0 Å². The molecule has 3 rings (SSSR count). The first-order valence-electron chi connectivity index (χ1n) is 8.30. The molecule has 1 N–H and O–H groups in total.